The van der Waals surface area contributed by atoms with Crippen molar-refractivity contribution in [2.24, 2.45) is 0 Å². The van der Waals surface area contributed by atoms with Gasteiger partial charge in [0, 0.05) is 16.1 Å². The lowest BCUT2D eigenvalue weighted by Crippen LogP contribution is -2.26. The van der Waals surface area contributed by atoms with Crippen LogP contribution in [0.3, 0.4) is 0 Å². The van der Waals surface area contributed by atoms with Crippen molar-refractivity contribution in [3.8, 4) is 0 Å². The molecule has 3 aromatic carbocycles. The lowest BCUT2D eigenvalue weighted by Gasteiger charge is -2.25. The molecule has 0 spiro atoms. The molecule has 0 unspecified atom stereocenters. The maximum absolute atomic E-state index is 13.3. The van der Waals surface area contributed by atoms with E-state index in [0.29, 0.717) is 5.56 Å². The Hall–Kier alpha value is -2.52. The monoisotopic (exact) mass is 347 g/mol. The Labute approximate surface area is 153 Å². The maximum Gasteiger partial charge on any atom is 0.262 e. The first-order chi connectivity index (χ1) is 12.3. The third kappa shape index (κ3) is 4.12. The van der Waals surface area contributed by atoms with Crippen LogP contribution in [-0.4, -0.2) is 11.7 Å². The Balaban J connectivity index is 2.08. The van der Waals surface area contributed by atoms with Crippen molar-refractivity contribution >= 4 is 29.0 Å². The molecule has 0 aliphatic carbocycles. The number of carbonyl (C=O) groups excluding carboxylic acids is 1. The average molecular weight is 347 g/mol. The van der Waals surface area contributed by atoms with Crippen LogP contribution in [-0.2, 0) is 0 Å². The zero-order valence-corrected chi connectivity index (χ0v) is 15.1. The molecule has 0 saturated heterocycles. The molecule has 3 aromatic rings. The molecule has 0 atom stereocenters. The SMILES string of the molecule is CCCSc1ccccc1N(C(=O)c1ccccc1)c1ccccc1. The van der Waals surface area contributed by atoms with Crippen LogP contribution in [0.4, 0.5) is 11.4 Å². The second-order valence-electron chi connectivity index (χ2n) is 5.66. The minimum Gasteiger partial charge on any atom is -0.276 e. The number of amides is 1. The summed E-state index contributed by atoms with van der Waals surface area (Å²) in [4.78, 5) is 16.2. The molecule has 0 fully saturated rings. The standard InChI is InChI=1S/C22H21NOS/c1-2-17-25-21-16-10-9-15-20(21)23(19-13-7-4-8-14-19)22(24)18-11-5-3-6-12-18/h3-16H,2,17H2,1H3. The third-order valence-corrected chi connectivity index (χ3v) is 5.07. The Morgan fingerprint density at radius 1 is 0.840 bits per heavy atom. The lowest BCUT2D eigenvalue weighted by molar-refractivity contribution is 0.0999. The van der Waals surface area contributed by atoms with E-state index in [2.05, 4.69) is 13.0 Å². The minimum absolute atomic E-state index is 0.0173. The molecule has 3 heteroatoms. The molecule has 0 aliphatic heterocycles. The van der Waals surface area contributed by atoms with Crippen LogP contribution in [0, 0.1) is 0 Å². The average Bonchev–Trinajstić information content (AvgIpc) is 2.69. The topological polar surface area (TPSA) is 20.3 Å². The van der Waals surface area contributed by atoms with Gasteiger partial charge in [0.15, 0.2) is 0 Å². The van der Waals surface area contributed by atoms with Gasteiger partial charge in [0.1, 0.15) is 0 Å². The highest BCUT2D eigenvalue weighted by Gasteiger charge is 2.21. The van der Waals surface area contributed by atoms with E-state index in [1.54, 1.807) is 11.8 Å². The van der Waals surface area contributed by atoms with Crippen molar-refractivity contribution in [1.82, 2.24) is 0 Å². The number of hydrogen-bond acceptors (Lipinski definition) is 2. The first kappa shape index (κ1) is 17.3. The van der Waals surface area contributed by atoms with E-state index in [1.165, 1.54) is 0 Å². The molecule has 126 valence electrons. The molecule has 0 aliphatic rings. The summed E-state index contributed by atoms with van der Waals surface area (Å²) in [5.41, 5.74) is 2.49. The molecular formula is C22H21NOS. The summed E-state index contributed by atoms with van der Waals surface area (Å²) in [6.07, 6.45) is 1.09. The lowest BCUT2D eigenvalue weighted by atomic mass is 10.1. The van der Waals surface area contributed by atoms with Crippen molar-refractivity contribution in [1.29, 1.82) is 0 Å². The van der Waals surface area contributed by atoms with Gasteiger partial charge in [0.05, 0.1) is 5.69 Å². The fourth-order valence-electron chi connectivity index (χ4n) is 2.63. The van der Waals surface area contributed by atoms with Crippen molar-refractivity contribution in [2.45, 2.75) is 18.2 Å². The van der Waals surface area contributed by atoms with Crippen molar-refractivity contribution < 1.29 is 4.79 Å². The first-order valence-electron chi connectivity index (χ1n) is 8.47. The number of nitrogens with zero attached hydrogens (tertiary/aromatic N) is 1. The van der Waals surface area contributed by atoms with E-state index in [0.717, 1.165) is 28.4 Å². The first-order valence-corrected chi connectivity index (χ1v) is 9.46. The van der Waals surface area contributed by atoms with Gasteiger partial charge in [-0.25, -0.2) is 0 Å². The number of para-hydroxylation sites is 2. The van der Waals surface area contributed by atoms with Gasteiger partial charge in [-0.15, -0.1) is 11.8 Å². The Bertz CT molecular complexity index is 818. The smallest absolute Gasteiger partial charge is 0.262 e. The number of rotatable bonds is 6. The van der Waals surface area contributed by atoms with Crippen molar-refractivity contribution in [2.75, 3.05) is 10.7 Å². The highest BCUT2D eigenvalue weighted by atomic mass is 32.2. The summed E-state index contributed by atoms with van der Waals surface area (Å²) >= 11 is 1.79. The van der Waals surface area contributed by atoms with E-state index in [9.17, 15) is 4.79 Å². The van der Waals surface area contributed by atoms with Gasteiger partial charge in [-0.2, -0.15) is 0 Å². The molecular weight excluding hydrogens is 326 g/mol. The van der Waals surface area contributed by atoms with Crippen LogP contribution in [0.2, 0.25) is 0 Å². The molecule has 2 nitrogen and oxygen atoms in total. The Morgan fingerprint density at radius 3 is 2.12 bits per heavy atom. The van der Waals surface area contributed by atoms with Crippen LogP contribution < -0.4 is 4.90 Å². The van der Waals surface area contributed by atoms with Gasteiger partial charge in [-0.05, 0) is 48.6 Å². The molecule has 0 aromatic heterocycles. The van der Waals surface area contributed by atoms with E-state index in [-0.39, 0.29) is 5.91 Å². The number of anilines is 2. The van der Waals surface area contributed by atoms with Gasteiger partial charge in [-0.3, -0.25) is 9.69 Å². The highest BCUT2D eigenvalue weighted by molar-refractivity contribution is 7.99. The van der Waals surface area contributed by atoms with E-state index in [4.69, 9.17) is 0 Å². The van der Waals surface area contributed by atoms with Crippen molar-refractivity contribution in [3.05, 3.63) is 90.5 Å². The molecule has 0 saturated carbocycles. The second-order valence-corrected chi connectivity index (χ2v) is 6.80. The number of benzene rings is 3. The highest BCUT2D eigenvalue weighted by Crippen LogP contribution is 2.36. The predicted octanol–water partition coefficient (Wildman–Crippen LogP) is 6.17. The van der Waals surface area contributed by atoms with Crippen LogP contribution in [0.5, 0.6) is 0 Å². The number of hydrogen-bond donors (Lipinski definition) is 0. The Morgan fingerprint density at radius 2 is 1.44 bits per heavy atom. The zero-order chi connectivity index (χ0) is 17.5. The molecule has 3 rings (SSSR count). The number of carbonyl (C=O) groups is 1. The molecule has 0 N–H and O–H groups in total. The minimum atomic E-state index is -0.0173. The second kappa shape index (κ2) is 8.54. The molecule has 25 heavy (non-hydrogen) atoms. The summed E-state index contributed by atoms with van der Waals surface area (Å²) in [6.45, 7) is 2.17. The summed E-state index contributed by atoms with van der Waals surface area (Å²) < 4.78 is 0. The summed E-state index contributed by atoms with van der Waals surface area (Å²) in [5, 5.41) is 0. The van der Waals surface area contributed by atoms with Crippen LogP contribution in [0.25, 0.3) is 0 Å². The molecule has 1 amide bonds. The van der Waals surface area contributed by atoms with Gasteiger partial charge < -0.3 is 0 Å². The fourth-order valence-corrected chi connectivity index (χ4v) is 3.53. The largest absolute Gasteiger partial charge is 0.276 e. The summed E-state index contributed by atoms with van der Waals surface area (Å²) in [5.74, 6) is 1.01. The normalized spacial score (nSPS) is 10.4. The van der Waals surface area contributed by atoms with Crippen LogP contribution >= 0.6 is 11.8 Å². The van der Waals surface area contributed by atoms with Crippen molar-refractivity contribution in [3.63, 3.8) is 0 Å². The molecule has 0 bridgehead atoms. The summed E-state index contributed by atoms with van der Waals surface area (Å²) in [6, 6.07) is 27.4. The predicted molar refractivity (Wildman–Crippen MR) is 107 cm³/mol. The molecule has 0 heterocycles. The third-order valence-electron chi connectivity index (χ3n) is 3.81. The quantitative estimate of drug-likeness (QED) is 0.497. The van der Waals surface area contributed by atoms with Crippen LogP contribution in [0.15, 0.2) is 89.8 Å². The van der Waals surface area contributed by atoms with Gasteiger partial charge in [-0.1, -0.05) is 55.5 Å². The number of thioether (sulfide) groups is 1. The fraction of sp³-hybridized carbons (Fsp3) is 0.136. The van der Waals surface area contributed by atoms with Gasteiger partial charge in [0.2, 0.25) is 0 Å². The van der Waals surface area contributed by atoms with Gasteiger partial charge in [0.25, 0.3) is 5.91 Å². The van der Waals surface area contributed by atoms with Gasteiger partial charge >= 0.3 is 0 Å². The van der Waals surface area contributed by atoms with E-state index < -0.39 is 0 Å². The van der Waals surface area contributed by atoms with E-state index >= 15 is 0 Å². The Kier molecular flexibility index (Phi) is 5.91. The molecule has 0 radical (unpaired) electrons. The zero-order valence-electron chi connectivity index (χ0n) is 14.3. The maximum atomic E-state index is 13.3. The van der Waals surface area contributed by atoms with Crippen LogP contribution in [0.1, 0.15) is 23.7 Å². The summed E-state index contributed by atoms with van der Waals surface area (Å²) in [7, 11) is 0. The van der Waals surface area contributed by atoms with E-state index in [1.807, 2.05) is 83.8 Å².